The van der Waals surface area contributed by atoms with Gasteiger partial charge >= 0.3 is 5.97 Å². The van der Waals surface area contributed by atoms with E-state index < -0.39 is 17.5 Å². The second-order valence-electron chi connectivity index (χ2n) is 7.16. The zero-order valence-electron chi connectivity index (χ0n) is 13.9. The molecule has 1 aliphatic heterocycles. The van der Waals surface area contributed by atoms with Gasteiger partial charge in [0.2, 0.25) is 5.91 Å². The summed E-state index contributed by atoms with van der Waals surface area (Å²) in [6.45, 7) is 0.528. The number of carboxylic acids is 1. The minimum atomic E-state index is -1.21. The average molecular weight is 331 g/mol. The van der Waals surface area contributed by atoms with Crippen molar-refractivity contribution in [3.8, 4) is 0 Å². The molecule has 1 saturated carbocycles. The first-order chi connectivity index (χ1) is 11.5. The molecule has 2 aliphatic rings. The fraction of sp³-hybridized carbons (Fsp3) is 0.579. The van der Waals surface area contributed by atoms with E-state index in [1.54, 1.807) is 4.90 Å². The number of nitrogens with zero attached hydrogens (tertiary/aromatic N) is 1. The Kier molecular flexibility index (Phi) is 4.90. The van der Waals surface area contributed by atoms with E-state index in [1.807, 2.05) is 30.3 Å². The number of aliphatic carboxylic acids is 1. The van der Waals surface area contributed by atoms with E-state index in [2.05, 4.69) is 0 Å². The minimum Gasteiger partial charge on any atom is -0.481 e. The number of piperidine rings is 1. The van der Waals surface area contributed by atoms with Crippen molar-refractivity contribution in [2.45, 2.75) is 44.6 Å². The van der Waals surface area contributed by atoms with Crippen molar-refractivity contribution in [3.05, 3.63) is 35.9 Å². The summed E-state index contributed by atoms with van der Waals surface area (Å²) in [5, 5.41) is 20.4. The number of hydrogen-bond acceptors (Lipinski definition) is 3. The van der Waals surface area contributed by atoms with Gasteiger partial charge in [-0.25, -0.2) is 0 Å². The molecule has 0 spiro atoms. The van der Waals surface area contributed by atoms with Gasteiger partial charge in [0, 0.05) is 19.0 Å². The molecule has 2 N–H and O–H groups in total. The summed E-state index contributed by atoms with van der Waals surface area (Å²) in [7, 11) is 0. The quantitative estimate of drug-likeness (QED) is 0.885. The number of rotatable bonds is 4. The van der Waals surface area contributed by atoms with Crippen LogP contribution in [-0.4, -0.2) is 46.2 Å². The molecule has 0 aromatic heterocycles. The first-order valence-corrected chi connectivity index (χ1v) is 8.77. The van der Waals surface area contributed by atoms with Crippen LogP contribution in [0.15, 0.2) is 30.3 Å². The smallest absolute Gasteiger partial charge is 0.312 e. The molecule has 1 amide bonds. The molecule has 0 radical (unpaired) electrons. The van der Waals surface area contributed by atoms with Crippen LogP contribution in [0.4, 0.5) is 0 Å². The Morgan fingerprint density at radius 3 is 2.42 bits per heavy atom. The molecule has 2 fully saturated rings. The third-order valence-corrected chi connectivity index (χ3v) is 5.66. The number of likely N-dealkylation sites (tertiary alicyclic amines) is 1. The molecule has 1 heterocycles. The molecule has 24 heavy (non-hydrogen) atoms. The van der Waals surface area contributed by atoms with Gasteiger partial charge in [0.25, 0.3) is 0 Å². The maximum Gasteiger partial charge on any atom is 0.312 e. The summed E-state index contributed by atoms with van der Waals surface area (Å²) >= 11 is 0. The van der Waals surface area contributed by atoms with Gasteiger partial charge < -0.3 is 15.1 Å². The number of amides is 1. The lowest BCUT2D eigenvalue weighted by Gasteiger charge is -2.43. The molecule has 1 aromatic carbocycles. The number of carbonyl (C=O) groups is 2. The van der Waals surface area contributed by atoms with Gasteiger partial charge in [0.05, 0.1) is 6.10 Å². The Morgan fingerprint density at radius 1 is 1.17 bits per heavy atom. The Hall–Kier alpha value is -1.88. The van der Waals surface area contributed by atoms with Crippen molar-refractivity contribution in [2.24, 2.45) is 11.3 Å². The number of carbonyl (C=O) groups excluding carboxylic acids is 1. The summed E-state index contributed by atoms with van der Waals surface area (Å²) in [4.78, 5) is 26.2. The third kappa shape index (κ3) is 3.18. The second kappa shape index (κ2) is 6.93. The van der Waals surface area contributed by atoms with E-state index >= 15 is 0 Å². The molecule has 5 heteroatoms. The van der Waals surface area contributed by atoms with Crippen molar-refractivity contribution in [1.29, 1.82) is 0 Å². The summed E-state index contributed by atoms with van der Waals surface area (Å²) in [5.41, 5.74) is -0.317. The zero-order chi connectivity index (χ0) is 17.2. The zero-order valence-corrected chi connectivity index (χ0v) is 13.9. The fourth-order valence-corrected chi connectivity index (χ4v) is 4.10. The van der Waals surface area contributed by atoms with Crippen LogP contribution in [-0.2, 0) is 16.0 Å². The number of aliphatic hydroxyl groups is 1. The van der Waals surface area contributed by atoms with E-state index in [-0.39, 0.29) is 31.2 Å². The maximum absolute atomic E-state index is 12.6. The van der Waals surface area contributed by atoms with Gasteiger partial charge in [-0.05, 0) is 31.2 Å². The topological polar surface area (TPSA) is 77.8 Å². The van der Waals surface area contributed by atoms with E-state index in [9.17, 15) is 19.8 Å². The van der Waals surface area contributed by atoms with Crippen LogP contribution in [0.2, 0.25) is 0 Å². The van der Waals surface area contributed by atoms with Crippen LogP contribution >= 0.6 is 0 Å². The van der Waals surface area contributed by atoms with Crippen LogP contribution < -0.4 is 0 Å². The number of benzene rings is 1. The maximum atomic E-state index is 12.6. The molecule has 5 nitrogen and oxygen atoms in total. The second-order valence-corrected chi connectivity index (χ2v) is 7.16. The van der Waals surface area contributed by atoms with Gasteiger partial charge in [0.15, 0.2) is 0 Å². The lowest BCUT2D eigenvalue weighted by Crippen LogP contribution is -2.57. The summed E-state index contributed by atoms with van der Waals surface area (Å²) in [6.07, 6.45) is 3.53. The first kappa shape index (κ1) is 17.0. The molecule has 2 atom stereocenters. The van der Waals surface area contributed by atoms with Gasteiger partial charge in [-0.1, -0.05) is 43.2 Å². The summed E-state index contributed by atoms with van der Waals surface area (Å²) < 4.78 is 0. The van der Waals surface area contributed by atoms with Gasteiger partial charge in [-0.3, -0.25) is 9.59 Å². The highest BCUT2D eigenvalue weighted by Gasteiger charge is 2.49. The molecule has 0 unspecified atom stereocenters. The van der Waals surface area contributed by atoms with Crippen LogP contribution in [0.25, 0.3) is 0 Å². The molecule has 0 bridgehead atoms. The summed E-state index contributed by atoms with van der Waals surface area (Å²) in [5.74, 6) is -0.833. The normalized spacial score (nSPS) is 28.0. The van der Waals surface area contributed by atoms with Crippen LogP contribution in [0.5, 0.6) is 0 Å². The van der Waals surface area contributed by atoms with E-state index in [4.69, 9.17) is 0 Å². The molecule has 3 rings (SSSR count). The van der Waals surface area contributed by atoms with E-state index in [1.165, 1.54) is 0 Å². The lowest BCUT2D eigenvalue weighted by atomic mass is 9.71. The van der Waals surface area contributed by atoms with Crippen molar-refractivity contribution in [1.82, 2.24) is 4.90 Å². The van der Waals surface area contributed by atoms with Crippen molar-refractivity contribution < 1.29 is 19.8 Å². The molecule has 1 aliphatic carbocycles. The van der Waals surface area contributed by atoms with Crippen molar-refractivity contribution in [2.75, 3.05) is 13.1 Å². The number of aliphatic hydroxyl groups excluding tert-OH is 1. The SMILES string of the molecule is O=C(C1CCCC1)N1CC[C@](Cc2ccccc2)(C(=O)O)[C@H](O)C1. The van der Waals surface area contributed by atoms with E-state index in [0.29, 0.717) is 6.54 Å². The van der Waals surface area contributed by atoms with Crippen LogP contribution in [0.1, 0.15) is 37.7 Å². The number of carboxylic acid groups (broad SMARTS) is 1. The van der Waals surface area contributed by atoms with Crippen LogP contribution in [0.3, 0.4) is 0 Å². The highest BCUT2D eigenvalue weighted by Crippen LogP contribution is 2.37. The predicted molar refractivity (Wildman–Crippen MR) is 89.4 cm³/mol. The van der Waals surface area contributed by atoms with Gasteiger partial charge in [0.1, 0.15) is 5.41 Å². The monoisotopic (exact) mass is 331 g/mol. The Labute approximate surface area is 142 Å². The fourth-order valence-electron chi connectivity index (χ4n) is 4.10. The molecular weight excluding hydrogens is 306 g/mol. The van der Waals surface area contributed by atoms with Crippen LogP contribution in [0, 0.1) is 11.3 Å². The van der Waals surface area contributed by atoms with Crippen molar-refractivity contribution in [3.63, 3.8) is 0 Å². The lowest BCUT2D eigenvalue weighted by molar-refractivity contribution is -0.166. The molecule has 1 saturated heterocycles. The highest BCUT2D eigenvalue weighted by molar-refractivity contribution is 5.81. The largest absolute Gasteiger partial charge is 0.481 e. The standard InChI is InChI=1S/C19H25NO4/c21-16-13-20(17(22)15-8-4-5-9-15)11-10-19(16,18(23)24)12-14-6-2-1-3-7-14/h1-3,6-7,15-16,21H,4-5,8-13H2,(H,23,24)/t16-,19-/m1/s1. The molecule has 130 valence electrons. The third-order valence-electron chi connectivity index (χ3n) is 5.66. The average Bonchev–Trinajstić information content (AvgIpc) is 3.11. The highest BCUT2D eigenvalue weighted by atomic mass is 16.4. The number of hydrogen-bond donors (Lipinski definition) is 2. The molecular formula is C19H25NO4. The first-order valence-electron chi connectivity index (χ1n) is 8.77. The number of β-amino-alcohol motifs (C(OH)–C–C–N with tert-alkyl or cyclic N) is 1. The van der Waals surface area contributed by atoms with Gasteiger partial charge in [-0.2, -0.15) is 0 Å². The van der Waals surface area contributed by atoms with Crippen molar-refractivity contribution >= 4 is 11.9 Å². The summed E-state index contributed by atoms with van der Waals surface area (Å²) in [6, 6.07) is 9.39. The minimum absolute atomic E-state index is 0.0589. The Morgan fingerprint density at radius 2 is 1.83 bits per heavy atom. The molecule has 1 aromatic rings. The Bertz CT molecular complexity index is 597. The predicted octanol–water partition coefficient (Wildman–Crippen LogP) is 2.08. The van der Waals surface area contributed by atoms with Gasteiger partial charge in [-0.15, -0.1) is 0 Å². The van der Waals surface area contributed by atoms with E-state index in [0.717, 1.165) is 31.2 Å². The Balaban J connectivity index is 1.73.